The van der Waals surface area contributed by atoms with Gasteiger partial charge >= 0.3 is 0 Å². The molecule has 0 amide bonds. The summed E-state index contributed by atoms with van der Waals surface area (Å²) in [7, 11) is 2.27. The first-order valence-electron chi connectivity index (χ1n) is 11.2. The zero-order chi connectivity index (χ0) is 20.6. The second-order valence-electron chi connectivity index (χ2n) is 8.71. The number of rotatable bonds is 7. The van der Waals surface area contributed by atoms with Gasteiger partial charge in [0.15, 0.2) is 5.96 Å². The number of thiophene rings is 1. The van der Waals surface area contributed by atoms with Crippen molar-refractivity contribution in [2.45, 2.75) is 51.6 Å². The lowest BCUT2D eigenvalue weighted by atomic mass is 9.88. The molecule has 29 heavy (non-hydrogen) atoms. The van der Waals surface area contributed by atoms with E-state index >= 15 is 0 Å². The van der Waals surface area contributed by atoms with Gasteiger partial charge in [-0.05, 0) is 70.5 Å². The number of aliphatic imine (C=N–C) groups is 1. The summed E-state index contributed by atoms with van der Waals surface area (Å²) < 4.78 is 0. The van der Waals surface area contributed by atoms with E-state index in [-0.39, 0.29) is 0 Å². The third-order valence-corrected chi connectivity index (χ3v) is 7.03. The molecule has 0 aromatic carbocycles. The van der Waals surface area contributed by atoms with Gasteiger partial charge in [-0.15, -0.1) is 11.3 Å². The van der Waals surface area contributed by atoms with Gasteiger partial charge in [-0.2, -0.15) is 0 Å². The minimum Gasteiger partial charge on any atom is -0.357 e. The fraction of sp³-hybridized carbons (Fsp3) is 0.696. The second-order valence-corrected chi connectivity index (χ2v) is 9.69. The molecule has 0 spiro atoms. The molecule has 1 aromatic heterocycles. The molecule has 2 fully saturated rings. The van der Waals surface area contributed by atoms with Gasteiger partial charge in [-0.25, -0.2) is 0 Å². The first kappa shape index (κ1) is 22.3. The lowest BCUT2D eigenvalue weighted by molar-refractivity contribution is 0.128. The number of hydrogen-bond acceptors (Lipinski definition) is 4. The van der Waals surface area contributed by atoms with Crippen LogP contribution in [0.3, 0.4) is 0 Å². The van der Waals surface area contributed by atoms with E-state index in [1.54, 1.807) is 0 Å². The summed E-state index contributed by atoms with van der Waals surface area (Å²) in [4.78, 5) is 11.5. The average Bonchev–Trinajstić information content (AvgIpc) is 3.21. The van der Waals surface area contributed by atoms with Crippen LogP contribution in [-0.2, 0) is 0 Å². The summed E-state index contributed by atoms with van der Waals surface area (Å²) >= 11 is 1.88. The summed E-state index contributed by atoms with van der Waals surface area (Å²) in [5.74, 6) is 1.57. The molecule has 2 N–H and O–H groups in total. The average molecular weight is 418 g/mol. The lowest BCUT2D eigenvalue weighted by Crippen LogP contribution is -2.49. The monoisotopic (exact) mass is 417 g/mol. The minimum atomic E-state index is 0.501. The smallest absolute Gasteiger partial charge is 0.191 e. The maximum atomic E-state index is 5.04. The van der Waals surface area contributed by atoms with E-state index in [2.05, 4.69) is 65.4 Å². The zero-order valence-electron chi connectivity index (χ0n) is 18.5. The second kappa shape index (κ2) is 11.1. The molecule has 6 heteroatoms. The summed E-state index contributed by atoms with van der Waals surface area (Å²) in [6.07, 6.45) is 4.86. The van der Waals surface area contributed by atoms with E-state index in [9.17, 15) is 0 Å². The first-order valence-corrected chi connectivity index (χ1v) is 12.1. The summed E-state index contributed by atoms with van der Waals surface area (Å²) in [5.41, 5.74) is 1.25. The van der Waals surface area contributed by atoms with Crippen molar-refractivity contribution in [3.63, 3.8) is 0 Å². The predicted octanol–water partition coefficient (Wildman–Crippen LogP) is 3.73. The molecule has 0 bridgehead atoms. The molecular formula is C23H39N5S. The van der Waals surface area contributed by atoms with Crippen LogP contribution in [0.25, 0.3) is 0 Å². The Labute approximate surface area is 181 Å². The van der Waals surface area contributed by atoms with Crippen molar-refractivity contribution < 1.29 is 0 Å². The van der Waals surface area contributed by atoms with Crippen molar-refractivity contribution in [1.29, 1.82) is 0 Å². The Balaban J connectivity index is 1.58. The molecule has 2 aliphatic heterocycles. The Morgan fingerprint density at radius 1 is 1.28 bits per heavy atom. The molecule has 1 aromatic rings. The molecule has 3 rings (SSSR count). The molecular weight excluding hydrogens is 378 g/mol. The van der Waals surface area contributed by atoms with E-state index in [0.717, 1.165) is 38.7 Å². The Bertz CT molecular complexity index is 648. The Hall–Kier alpha value is -1.37. The molecule has 2 saturated heterocycles. The van der Waals surface area contributed by atoms with Crippen molar-refractivity contribution >= 4 is 17.3 Å². The van der Waals surface area contributed by atoms with Crippen LogP contribution < -0.4 is 10.6 Å². The normalized spacial score (nSPS) is 25.1. The zero-order valence-corrected chi connectivity index (χ0v) is 19.3. The molecule has 0 saturated carbocycles. The Morgan fingerprint density at radius 3 is 2.72 bits per heavy atom. The predicted molar refractivity (Wildman–Crippen MR) is 126 cm³/mol. The summed E-state index contributed by atoms with van der Waals surface area (Å²) in [6.45, 7) is 14.6. The molecule has 2 atom stereocenters. The first-order chi connectivity index (χ1) is 14.1. The van der Waals surface area contributed by atoms with Gasteiger partial charge in [0, 0.05) is 49.7 Å². The van der Waals surface area contributed by atoms with Gasteiger partial charge in [-0.3, -0.25) is 14.8 Å². The molecule has 2 unspecified atom stereocenters. The highest BCUT2D eigenvalue weighted by Gasteiger charge is 2.31. The van der Waals surface area contributed by atoms with E-state index < -0.39 is 0 Å². The highest BCUT2D eigenvalue weighted by atomic mass is 32.1. The van der Waals surface area contributed by atoms with E-state index in [1.807, 2.05) is 11.3 Å². The summed E-state index contributed by atoms with van der Waals surface area (Å²) in [6, 6.07) is 5.47. The van der Waals surface area contributed by atoms with Crippen molar-refractivity contribution in [1.82, 2.24) is 20.4 Å². The van der Waals surface area contributed by atoms with Gasteiger partial charge in [0.25, 0.3) is 0 Å². The highest BCUT2D eigenvalue weighted by molar-refractivity contribution is 7.10. The van der Waals surface area contributed by atoms with Crippen molar-refractivity contribution in [3.05, 3.63) is 34.5 Å². The third kappa shape index (κ3) is 6.56. The number of hydrogen-bond donors (Lipinski definition) is 2. The minimum absolute atomic E-state index is 0.501. The molecule has 162 valence electrons. The number of nitrogens with one attached hydrogen (secondary N) is 2. The topological polar surface area (TPSA) is 42.9 Å². The maximum absolute atomic E-state index is 5.04. The lowest BCUT2D eigenvalue weighted by Gasteiger charge is -2.38. The molecule has 2 aliphatic rings. The van der Waals surface area contributed by atoms with Crippen LogP contribution in [-0.4, -0.2) is 68.1 Å². The van der Waals surface area contributed by atoms with Crippen molar-refractivity contribution in [2.24, 2.45) is 10.9 Å². The third-order valence-electron chi connectivity index (χ3n) is 6.09. The van der Waals surface area contributed by atoms with Crippen LogP contribution in [0.15, 0.2) is 34.7 Å². The number of nitrogens with zero attached hydrogens (tertiary/aromatic N) is 3. The highest BCUT2D eigenvalue weighted by Crippen LogP contribution is 2.37. The van der Waals surface area contributed by atoms with E-state index in [0.29, 0.717) is 18.0 Å². The largest absolute Gasteiger partial charge is 0.357 e. The Morgan fingerprint density at radius 2 is 2.07 bits per heavy atom. The van der Waals surface area contributed by atoms with E-state index in [4.69, 9.17) is 4.99 Å². The quantitative estimate of drug-likeness (QED) is 0.403. The van der Waals surface area contributed by atoms with Crippen LogP contribution in [0.4, 0.5) is 0 Å². The Kier molecular flexibility index (Phi) is 8.57. The van der Waals surface area contributed by atoms with E-state index in [1.165, 1.54) is 42.7 Å². The van der Waals surface area contributed by atoms with Gasteiger partial charge in [0.1, 0.15) is 0 Å². The molecule has 0 radical (unpaired) electrons. The van der Waals surface area contributed by atoms with Crippen LogP contribution >= 0.6 is 11.3 Å². The van der Waals surface area contributed by atoms with Gasteiger partial charge in [-0.1, -0.05) is 18.2 Å². The van der Waals surface area contributed by atoms with Gasteiger partial charge in [0.2, 0.25) is 0 Å². The molecule has 0 aliphatic carbocycles. The maximum Gasteiger partial charge on any atom is 0.191 e. The molecule has 3 heterocycles. The number of likely N-dealkylation sites (tertiary alicyclic amines) is 2. The van der Waals surface area contributed by atoms with Crippen LogP contribution in [0.2, 0.25) is 0 Å². The number of piperidine rings is 2. The SMILES string of the molecule is C=C(C)CN1CCC(NC(=NCC2CCCN(C)C2c2cccs2)NCC)CC1. The number of guanidine groups is 1. The van der Waals surface area contributed by atoms with Crippen LogP contribution in [0.1, 0.15) is 50.4 Å². The van der Waals surface area contributed by atoms with Crippen LogP contribution in [0.5, 0.6) is 0 Å². The van der Waals surface area contributed by atoms with Crippen molar-refractivity contribution in [3.8, 4) is 0 Å². The summed E-state index contributed by atoms with van der Waals surface area (Å²) in [5, 5.41) is 9.38. The molecule has 5 nitrogen and oxygen atoms in total. The van der Waals surface area contributed by atoms with Gasteiger partial charge in [0.05, 0.1) is 0 Å². The van der Waals surface area contributed by atoms with Crippen LogP contribution in [0, 0.1) is 5.92 Å². The standard InChI is InChI=1S/C23H39N5S/c1-5-24-23(26-20-10-13-28(14-11-20)17-18(2)3)25-16-19-8-6-12-27(4)22(19)21-9-7-15-29-21/h7,9,15,19-20,22H,2,5-6,8,10-14,16-17H2,1,3-4H3,(H2,24,25,26). The fourth-order valence-corrected chi connectivity index (χ4v) is 5.68. The van der Waals surface area contributed by atoms with Crippen molar-refractivity contribution in [2.75, 3.05) is 46.3 Å². The fourth-order valence-electron chi connectivity index (χ4n) is 4.70. The van der Waals surface area contributed by atoms with Gasteiger partial charge < -0.3 is 10.6 Å².